The fourth-order valence-corrected chi connectivity index (χ4v) is 3.47. The summed E-state index contributed by atoms with van der Waals surface area (Å²) in [5.41, 5.74) is 4.49. The van der Waals surface area contributed by atoms with Gasteiger partial charge in [0.15, 0.2) is 0 Å². The van der Waals surface area contributed by atoms with Crippen molar-refractivity contribution in [3.8, 4) is 0 Å². The first-order valence-corrected chi connectivity index (χ1v) is 8.83. The molecule has 0 saturated heterocycles. The average molecular weight is 335 g/mol. The van der Waals surface area contributed by atoms with Crippen LogP contribution in [0.5, 0.6) is 0 Å². The lowest BCUT2D eigenvalue weighted by Crippen LogP contribution is -2.30. The Balaban J connectivity index is 2.12. The summed E-state index contributed by atoms with van der Waals surface area (Å²) in [7, 11) is -3.48. The van der Waals surface area contributed by atoms with Crippen molar-refractivity contribution in [2.24, 2.45) is 5.10 Å². The van der Waals surface area contributed by atoms with Gasteiger partial charge in [0, 0.05) is 25.5 Å². The zero-order chi connectivity index (χ0) is 16.9. The molecule has 2 N–H and O–H groups in total. The molecule has 2 rings (SSSR count). The maximum atomic E-state index is 12.4. The highest BCUT2D eigenvalue weighted by Gasteiger charge is 2.21. The van der Waals surface area contributed by atoms with Crippen LogP contribution >= 0.6 is 0 Å². The summed E-state index contributed by atoms with van der Waals surface area (Å²) in [6, 6.07) is 6.93. The molecule has 2 aromatic heterocycles. The van der Waals surface area contributed by atoms with Crippen LogP contribution in [0, 0.1) is 0 Å². The molecule has 0 aliphatic rings. The van der Waals surface area contributed by atoms with Crippen molar-refractivity contribution in [3.63, 3.8) is 0 Å². The molecule has 0 aliphatic heterocycles. The van der Waals surface area contributed by atoms with Crippen LogP contribution in [0.3, 0.4) is 0 Å². The fourth-order valence-electron chi connectivity index (χ4n) is 2.07. The number of aromatic amines is 1. The van der Waals surface area contributed by atoms with Gasteiger partial charge in [0.05, 0.1) is 11.4 Å². The van der Waals surface area contributed by atoms with Gasteiger partial charge in [-0.25, -0.2) is 13.4 Å². The van der Waals surface area contributed by atoms with E-state index in [9.17, 15) is 8.42 Å². The zero-order valence-electron chi connectivity index (χ0n) is 13.4. The molecule has 0 aromatic carbocycles. The highest BCUT2D eigenvalue weighted by atomic mass is 32.2. The Morgan fingerprint density at radius 2 is 2.04 bits per heavy atom. The Labute approximate surface area is 136 Å². The number of hydrazone groups is 1. The second-order valence-electron chi connectivity index (χ2n) is 4.86. The third-order valence-electron chi connectivity index (χ3n) is 3.41. The second-order valence-corrected chi connectivity index (χ2v) is 6.80. The van der Waals surface area contributed by atoms with Crippen LogP contribution in [0.4, 0.5) is 5.82 Å². The number of nitrogens with zero attached hydrogens (tertiary/aromatic N) is 3. The molecular weight excluding hydrogens is 314 g/mol. The number of rotatable bonds is 7. The number of hydrogen-bond acceptors (Lipinski definition) is 5. The van der Waals surface area contributed by atoms with Crippen LogP contribution in [0.2, 0.25) is 0 Å². The van der Waals surface area contributed by atoms with Crippen LogP contribution in [0.25, 0.3) is 0 Å². The van der Waals surface area contributed by atoms with E-state index in [0.29, 0.717) is 18.9 Å². The second kappa shape index (κ2) is 7.38. The molecule has 124 valence electrons. The third-order valence-corrected chi connectivity index (χ3v) is 5.44. The summed E-state index contributed by atoms with van der Waals surface area (Å²) in [5, 5.41) is 4.21. The lowest BCUT2D eigenvalue weighted by atomic mass is 10.3. The predicted octanol–water partition coefficient (Wildman–Crippen LogP) is 2.28. The molecule has 0 atom stereocenters. The summed E-state index contributed by atoms with van der Waals surface area (Å²) in [4.78, 5) is 7.34. The van der Waals surface area contributed by atoms with E-state index in [0.717, 1.165) is 11.4 Å². The maximum Gasteiger partial charge on any atom is 0.244 e. The summed E-state index contributed by atoms with van der Waals surface area (Å²) >= 11 is 0. The first kappa shape index (κ1) is 17.2. The van der Waals surface area contributed by atoms with Gasteiger partial charge in [-0.3, -0.25) is 5.43 Å². The predicted molar refractivity (Wildman–Crippen MR) is 91.0 cm³/mol. The lowest BCUT2D eigenvalue weighted by Gasteiger charge is -2.18. The number of aromatic nitrogens is 2. The normalized spacial score (nSPS) is 12.6. The van der Waals surface area contributed by atoms with E-state index in [2.05, 4.69) is 20.5 Å². The molecule has 0 bridgehead atoms. The number of anilines is 1. The monoisotopic (exact) mass is 335 g/mol. The molecule has 23 heavy (non-hydrogen) atoms. The van der Waals surface area contributed by atoms with Gasteiger partial charge in [-0.2, -0.15) is 9.41 Å². The number of sulfonamides is 1. The SMILES string of the molecule is CCN(CC)S(=O)(=O)c1ccc(N/N=C(/C)c2ccc[nH]2)nc1. The number of pyridine rings is 1. The highest BCUT2D eigenvalue weighted by molar-refractivity contribution is 7.89. The number of nitrogens with one attached hydrogen (secondary N) is 2. The van der Waals surface area contributed by atoms with E-state index in [1.165, 1.54) is 16.6 Å². The van der Waals surface area contributed by atoms with Gasteiger partial charge in [-0.15, -0.1) is 0 Å². The van der Waals surface area contributed by atoms with E-state index >= 15 is 0 Å². The molecular formula is C15H21N5O2S. The minimum Gasteiger partial charge on any atom is -0.360 e. The summed E-state index contributed by atoms with van der Waals surface area (Å²) in [5.74, 6) is 0.481. The smallest absolute Gasteiger partial charge is 0.244 e. The third kappa shape index (κ3) is 3.96. The Morgan fingerprint density at radius 3 is 2.57 bits per heavy atom. The minimum absolute atomic E-state index is 0.178. The Hall–Kier alpha value is -2.19. The Kier molecular flexibility index (Phi) is 5.51. The summed E-state index contributed by atoms with van der Waals surface area (Å²) in [6.45, 7) is 6.33. The van der Waals surface area contributed by atoms with Crippen molar-refractivity contribution in [1.82, 2.24) is 14.3 Å². The van der Waals surface area contributed by atoms with E-state index in [-0.39, 0.29) is 4.90 Å². The minimum atomic E-state index is -3.48. The van der Waals surface area contributed by atoms with Crippen LogP contribution < -0.4 is 5.43 Å². The quantitative estimate of drug-likeness (QED) is 0.600. The van der Waals surface area contributed by atoms with Crippen LogP contribution in [0.15, 0.2) is 46.7 Å². The van der Waals surface area contributed by atoms with Crippen molar-refractivity contribution in [1.29, 1.82) is 0 Å². The molecule has 0 radical (unpaired) electrons. The van der Waals surface area contributed by atoms with Crippen molar-refractivity contribution < 1.29 is 8.42 Å². The topological polar surface area (TPSA) is 90.5 Å². The van der Waals surface area contributed by atoms with Gasteiger partial charge in [0.2, 0.25) is 10.0 Å². The summed E-state index contributed by atoms with van der Waals surface area (Å²) < 4.78 is 26.1. The van der Waals surface area contributed by atoms with Crippen LogP contribution in [0.1, 0.15) is 26.5 Å². The lowest BCUT2D eigenvalue weighted by molar-refractivity contribution is 0.445. The van der Waals surface area contributed by atoms with Crippen molar-refractivity contribution in [3.05, 3.63) is 42.4 Å². The van der Waals surface area contributed by atoms with Gasteiger partial charge in [0.1, 0.15) is 10.7 Å². The summed E-state index contributed by atoms with van der Waals surface area (Å²) in [6.07, 6.45) is 3.16. The van der Waals surface area contributed by atoms with Gasteiger partial charge >= 0.3 is 0 Å². The molecule has 8 heteroatoms. The molecule has 0 fully saturated rings. The Bertz CT molecular complexity index is 748. The van der Waals surface area contributed by atoms with Gasteiger partial charge in [-0.1, -0.05) is 13.8 Å². The van der Waals surface area contributed by atoms with Gasteiger partial charge in [-0.05, 0) is 31.2 Å². The molecule has 2 heterocycles. The van der Waals surface area contributed by atoms with Gasteiger partial charge in [0.25, 0.3) is 0 Å². The standard InChI is InChI=1S/C15H21N5O2S/c1-4-20(5-2)23(21,22)13-8-9-15(17-11-13)19-18-12(3)14-7-6-10-16-14/h6-11,16H,4-5H2,1-3H3,(H,17,19)/b18-12-. The Morgan fingerprint density at radius 1 is 1.30 bits per heavy atom. The van der Waals surface area contributed by atoms with Crippen molar-refractivity contribution in [2.45, 2.75) is 25.7 Å². The molecule has 0 unspecified atom stereocenters. The van der Waals surface area contributed by atoms with Crippen LogP contribution in [-0.4, -0.2) is 41.5 Å². The molecule has 0 saturated carbocycles. The largest absolute Gasteiger partial charge is 0.360 e. The van der Waals surface area contributed by atoms with E-state index < -0.39 is 10.0 Å². The maximum absolute atomic E-state index is 12.4. The first-order valence-electron chi connectivity index (χ1n) is 7.39. The van der Waals surface area contributed by atoms with E-state index in [1.807, 2.05) is 39.1 Å². The molecule has 0 spiro atoms. The van der Waals surface area contributed by atoms with E-state index in [4.69, 9.17) is 0 Å². The first-order chi connectivity index (χ1) is 11.0. The highest BCUT2D eigenvalue weighted by Crippen LogP contribution is 2.16. The van der Waals surface area contributed by atoms with Gasteiger partial charge < -0.3 is 4.98 Å². The molecule has 7 nitrogen and oxygen atoms in total. The van der Waals surface area contributed by atoms with E-state index in [1.54, 1.807) is 6.07 Å². The zero-order valence-corrected chi connectivity index (χ0v) is 14.3. The number of H-pyrrole nitrogens is 1. The average Bonchev–Trinajstić information content (AvgIpc) is 3.08. The fraction of sp³-hybridized carbons (Fsp3) is 0.333. The molecule has 0 aliphatic carbocycles. The van der Waals surface area contributed by atoms with Crippen molar-refractivity contribution in [2.75, 3.05) is 18.5 Å². The molecule has 0 amide bonds. The number of hydrogen-bond donors (Lipinski definition) is 2. The van der Waals surface area contributed by atoms with Crippen LogP contribution in [-0.2, 0) is 10.0 Å². The molecule has 2 aromatic rings. The van der Waals surface area contributed by atoms with Crippen molar-refractivity contribution >= 4 is 21.6 Å².